The van der Waals surface area contributed by atoms with Crippen LogP contribution in [0.1, 0.15) is 17.4 Å². The number of pyridine rings is 1. The number of piperazine rings is 1. The van der Waals surface area contributed by atoms with Crippen LogP contribution in [-0.4, -0.2) is 77.4 Å². The van der Waals surface area contributed by atoms with Crippen LogP contribution in [0.4, 0.5) is 0 Å². The van der Waals surface area contributed by atoms with Crippen LogP contribution in [0.15, 0.2) is 36.4 Å². The van der Waals surface area contributed by atoms with Gasteiger partial charge in [0.05, 0.1) is 5.52 Å². The molecular weight excluding hydrogens is 300 g/mol. The highest BCUT2D eigenvalue weighted by atomic mass is 16.2. The normalized spacial score (nSPS) is 20.3. The molecule has 0 saturated carbocycles. The van der Waals surface area contributed by atoms with Crippen LogP contribution in [-0.2, 0) is 0 Å². The number of rotatable bonds is 3. The Morgan fingerprint density at radius 2 is 1.83 bits per heavy atom. The molecule has 126 valence electrons. The van der Waals surface area contributed by atoms with Gasteiger partial charge in [0.25, 0.3) is 5.91 Å². The van der Waals surface area contributed by atoms with Gasteiger partial charge in [0.15, 0.2) is 0 Å². The summed E-state index contributed by atoms with van der Waals surface area (Å²) in [6, 6.07) is 12.3. The molecule has 0 N–H and O–H groups in total. The van der Waals surface area contributed by atoms with E-state index in [-0.39, 0.29) is 5.91 Å². The SMILES string of the molecule is CCN1CCN(C2CN(C(=O)c3ccc4ccccc4n3)C2)CC1. The number of fused-ring (bicyclic) bond motifs is 1. The molecule has 1 aromatic heterocycles. The van der Waals surface area contributed by atoms with Crippen LogP contribution in [0, 0.1) is 0 Å². The number of likely N-dealkylation sites (N-methyl/N-ethyl adjacent to an activating group) is 1. The minimum Gasteiger partial charge on any atom is -0.334 e. The summed E-state index contributed by atoms with van der Waals surface area (Å²) >= 11 is 0. The van der Waals surface area contributed by atoms with Crippen molar-refractivity contribution in [3.05, 3.63) is 42.1 Å². The lowest BCUT2D eigenvalue weighted by molar-refractivity contribution is 0.00810. The molecule has 2 fully saturated rings. The van der Waals surface area contributed by atoms with Gasteiger partial charge in [-0.2, -0.15) is 0 Å². The van der Waals surface area contributed by atoms with E-state index in [1.54, 1.807) is 0 Å². The largest absolute Gasteiger partial charge is 0.334 e. The van der Waals surface area contributed by atoms with Crippen molar-refractivity contribution in [1.29, 1.82) is 0 Å². The van der Waals surface area contributed by atoms with E-state index in [0.29, 0.717) is 11.7 Å². The van der Waals surface area contributed by atoms with E-state index in [4.69, 9.17) is 0 Å². The van der Waals surface area contributed by atoms with E-state index < -0.39 is 0 Å². The number of hydrogen-bond acceptors (Lipinski definition) is 4. The number of benzene rings is 1. The maximum Gasteiger partial charge on any atom is 0.272 e. The number of likely N-dealkylation sites (tertiary alicyclic amines) is 1. The molecule has 0 spiro atoms. The lowest BCUT2D eigenvalue weighted by Gasteiger charge is -2.48. The average molecular weight is 324 g/mol. The third kappa shape index (κ3) is 2.89. The quantitative estimate of drug-likeness (QED) is 0.861. The standard InChI is InChI=1S/C19H24N4O/c1-2-21-9-11-22(12-10-21)16-13-23(14-16)19(24)18-8-7-15-5-3-4-6-17(15)20-18/h3-8,16H,2,9-14H2,1H3. The van der Waals surface area contributed by atoms with Gasteiger partial charge in [0.1, 0.15) is 5.69 Å². The van der Waals surface area contributed by atoms with E-state index in [9.17, 15) is 4.79 Å². The summed E-state index contributed by atoms with van der Waals surface area (Å²) in [4.78, 5) is 24.1. The number of carbonyl (C=O) groups excluding carboxylic acids is 1. The zero-order valence-corrected chi connectivity index (χ0v) is 14.2. The fourth-order valence-corrected chi connectivity index (χ4v) is 3.64. The average Bonchev–Trinajstić information content (AvgIpc) is 2.60. The van der Waals surface area contributed by atoms with Crippen molar-refractivity contribution in [3.8, 4) is 0 Å². The number of carbonyl (C=O) groups is 1. The summed E-state index contributed by atoms with van der Waals surface area (Å²) in [5, 5.41) is 1.07. The lowest BCUT2D eigenvalue weighted by atomic mass is 10.0. The minimum absolute atomic E-state index is 0.0594. The van der Waals surface area contributed by atoms with Gasteiger partial charge < -0.3 is 9.80 Å². The predicted molar refractivity (Wildman–Crippen MR) is 95.1 cm³/mol. The molecule has 4 rings (SSSR count). The third-order valence-electron chi connectivity index (χ3n) is 5.34. The first-order valence-corrected chi connectivity index (χ1v) is 8.86. The van der Waals surface area contributed by atoms with Crippen LogP contribution in [0.3, 0.4) is 0 Å². The maximum absolute atomic E-state index is 12.6. The summed E-state index contributed by atoms with van der Waals surface area (Å²) in [6.07, 6.45) is 0. The van der Waals surface area contributed by atoms with Crippen LogP contribution < -0.4 is 0 Å². The van der Waals surface area contributed by atoms with E-state index in [2.05, 4.69) is 21.7 Å². The van der Waals surface area contributed by atoms with Gasteiger partial charge in [-0.3, -0.25) is 9.69 Å². The molecule has 0 unspecified atom stereocenters. The summed E-state index contributed by atoms with van der Waals surface area (Å²) in [6.45, 7) is 9.55. The number of amides is 1. The molecule has 24 heavy (non-hydrogen) atoms. The van der Waals surface area contributed by atoms with E-state index >= 15 is 0 Å². The van der Waals surface area contributed by atoms with Crippen LogP contribution in [0.2, 0.25) is 0 Å². The summed E-state index contributed by atoms with van der Waals surface area (Å²) < 4.78 is 0. The molecule has 5 heteroatoms. The van der Waals surface area contributed by atoms with Gasteiger partial charge in [-0.1, -0.05) is 31.2 Å². The number of nitrogens with zero attached hydrogens (tertiary/aromatic N) is 4. The molecule has 1 aromatic carbocycles. The minimum atomic E-state index is 0.0594. The Morgan fingerprint density at radius 3 is 2.58 bits per heavy atom. The molecular formula is C19H24N4O. The van der Waals surface area contributed by atoms with Gasteiger partial charge in [-0.25, -0.2) is 4.98 Å². The zero-order chi connectivity index (χ0) is 16.5. The Labute approximate surface area is 142 Å². The van der Waals surface area contributed by atoms with Crippen molar-refractivity contribution < 1.29 is 4.79 Å². The molecule has 2 aliphatic rings. The predicted octanol–water partition coefficient (Wildman–Crippen LogP) is 1.70. The van der Waals surface area contributed by atoms with E-state index in [0.717, 1.165) is 56.7 Å². The number of hydrogen-bond donors (Lipinski definition) is 0. The monoisotopic (exact) mass is 324 g/mol. The Kier molecular flexibility index (Phi) is 4.21. The first kappa shape index (κ1) is 15.5. The van der Waals surface area contributed by atoms with Gasteiger partial charge >= 0.3 is 0 Å². The molecule has 3 heterocycles. The first-order chi connectivity index (χ1) is 11.7. The maximum atomic E-state index is 12.6. The lowest BCUT2D eigenvalue weighted by Crippen LogP contribution is -2.64. The highest BCUT2D eigenvalue weighted by molar-refractivity contribution is 5.95. The van der Waals surface area contributed by atoms with Crippen molar-refractivity contribution in [3.63, 3.8) is 0 Å². The topological polar surface area (TPSA) is 39.7 Å². The van der Waals surface area contributed by atoms with Crippen LogP contribution in [0.25, 0.3) is 10.9 Å². The number of aromatic nitrogens is 1. The Hall–Kier alpha value is -1.98. The van der Waals surface area contributed by atoms with Crippen LogP contribution in [0.5, 0.6) is 0 Å². The Morgan fingerprint density at radius 1 is 1.08 bits per heavy atom. The van der Waals surface area contributed by atoms with Crippen LogP contribution >= 0.6 is 0 Å². The zero-order valence-electron chi connectivity index (χ0n) is 14.2. The second-order valence-electron chi connectivity index (χ2n) is 6.72. The molecule has 1 amide bonds. The molecule has 0 atom stereocenters. The van der Waals surface area contributed by atoms with Gasteiger partial charge in [0, 0.05) is 50.7 Å². The van der Waals surface area contributed by atoms with Gasteiger partial charge in [0.2, 0.25) is 0 Å². The van der Waals surface area contributed by atoms with Crippen molar-refractivity contribution in [2.75, 3.05) is 45.8 Å². The molecule has 2 aromatic rings. The fourth-order valence-electron chi connectivity index (χ4n) is 3.64. The summed E-state index contributed by atoms with van der Waals surface area (Å²) in [7, 11) is 0. The molecule has 0 bridgehead atoms. The molecule has 0 aliphatic carbocycles. The molecule has 0 radical (unpaired) electrons. The van der Waals surface area contributed by atoms with Crippen molar-refractivity contribution in [2.45, 2.75) is 13.0 Å². The Balaban J connectivity index is 1.36. The summed E-state index contributed by atoms with van der Waals surface area (Å²) in [5.74, 6) is 0.0594. The smallest absolute Gasteiger partial charge is 0.272 e. The molecule has 5 nitrogen and oxygen atoms in total. The van der Waals surface area contributed by atoms with Gasteiger partial charge in [-0.15, -0.1) is 0 Å². The molecule has 2 saturated heterocycles. The van der Waals surface area contributed by atoms with Crippen molar-refractivity contribution in [2.24, 2.45) is 0 Å². The second kappa shape index (κ2) is 6.49. The highest BCUT2D eigenvalue weighted by Crippen LogP contribution is 2.20. The third-order valence-corrected chi connectivity index (χ3v) is 5.34. The van der Waals surface area contributed by atoms with Gasteiger partial charge in [-0.05, 0) is 18.7 Å². The highest BCUT2D eigenvalue weighted by Gasteiger charge is 2.36. The summed E-state index contributed by atoms with van der Waals surface area (Å²) in [5.41, 5.74) is 1.44. The number of para-hydroxylation sites is 1. The second-order valence-corrected chi connectivity index (χ2v) is 6.72. The Bertz CT molecular complexity index is 733. The van der Waals surface area contributed by atoms with E-state index in [1.807, 2.05) is 41.3 Å². The molecule has 2 aliphatic heterocycles. The van der Waals surface area contributed by atoms with Crippen molar-refractivity contribution in [1.82, 2.24) is 19.7 Å². The van der Waals surface area contributed by atoms with E-state index in [1.165, 1.54) is 0 Å². The van der Waals surface area contributed by atoms with Crippen molar-refractivity contribution >= 4 is 16.8 Å². The first-order valence-electron chi connectivity index (χ1n) is 8.86. The fraction of sp³-hybridized carbons (Fsp3) is 0.474.